The van der Waals surface area contributed by atoms with E-state index in [1.807, 2.05) is 6.92 Å². The van der Waals surface area contributed by atoms with Crippen molar-refractivity contribution < 1.29 is 22.9 Å². The maximum Gasteiger partial charge on any atom is 0.357 e. The maximum atomic E-state index is 11.9. The number of hydrogen-bond acceptors (Lipinski definition) is 5. The van der Waals surface area contributed by atoms with Crippen molar-refractivity contribution in [3.8, 4) is 11.8 Å². The van der Waals surface area contributed by atoms with Gasteiger partial charge in [0, 0.05) is 12.1 Å². The summed E-state index contributed by atoms with van der Waals surface area (Å²) in [5.41, 5.74) is 0.903. The maximum absolute atomic E-state index is 11.9. The molecule has 0 aliphatic heterocycles. The van der Waals surface area contributed by atoms with E-state index in [-0.39, 0.29) is 4.90 Å². The summed E-state index contributed by atoms with van der Waals surface area (Å²) >= 11 is 0. The van der Waals surface area contributed by atoms with Gasteiger partial charge in [0.2, 0.25) is 11.8 Å². The van der Waals surface area contributed by atoms with Crippen molar-refractivity contribution in [1.29, 1.82) is 0 Å². The normalized spacial score (nSPS) is 11.4. The van der Waals surface area contributed by atoms with Crippen LogP contribution in [0.1, 0.15) is 5.56 Å². The first-order valence-corrected chi connectivity index (χ1v) is 6.42. The molecule has 2 N–H and O–H groups in total. The minimum absolute atomic E-state index is 0.0689. The van der Waals surface area contributed by atoms with Crippen LogP contribution in [0, 0.1) is 6.92 Å². The summed E-state index contributed by atoms with van der Waals surface area (Å²) in [6, 6.07) is 8.21. The van der Waals surface area contributed by atoms with Gasteiger partial charge in [0.1, 0.15) is 4.90 Å². The fourth-order valence-corrected chi connectivity index (χ4v) is 2.23. The molecule has 2 aromatic rings. The van der Waals surface area contributed by atoms with Crippen molar-refractivity contribution in [3.05, 3.63) is 42.0 Å². The lowest BCUT2D eigenvalue weighted by Gasteiger charge is -2.08. The third-order valence-corrected chi connectivity index (χ3v) is 3.47. The van der Waals surface area contributed by atoms with Gasteiger partial charge in [0.05, 0.1) is 0 Å². The first kappa shape index (κ1) is 12.3. The molecule has 6 nitrogen and oxygen atoms in total. The summed E-state index contributed by atoms with van der Waals surface area (Å²) in [5, 5.41) is 18.6. The fourth-order valence-electron chi connectivity index (χ4n) is 1.32. The zero-order chi connectivity index (χ0) is 13.3. The smallest absolute Gasteiger partial charge is 0.357 e. The fraction of sp³-hybridized carbons (Fsp3) is 0.0909. The van der Waals surface area contributed by atoms with Gasteiger partial charge in [0.25, 0.3) is 0 Å². The highest BCUT2D eigenvalue weighted by Crippen LogP contribution is 2.21. The van der Waals surface area contributed by atoms with Gasteiger partial charge >= 0.3 is 10.1 Å². The van der Waals surface area contributed by atoms with Gasteiger partial charge in [-0.1, -0.05) is 22.4 Å². The number of benzene rings is 1. The number of hydrogen-bond donors (Lipinski definition) is 2. The van der Waals surface area contributed by atoms with Crippen LogP contribution in [-0.4, -0.2) is 23.4 Å². The first-order chi connectivity index (χ1) is 8.40. The van der Waals surface area contributed by atoms with Crippen LogP contribution in [0.15, 0.2) is 41.3 Å². The quantitative estimate of drug-likeness (QED) is 0.868. The lowest BCUT2D eigenvalue weighted by Crippen LogP contribution is -2.19. The van der Waals surface area contributed by atoms with Crippen LogP contribution in [-0.2, 0) is 10.1 Å². The van der Waals surface area contributed by atoms with E-state index in [4.69, 9.17) is 0 Å². The summed E-state index contributed by atoms with van der Waals surface area (Å²) < 4.78 is 28.7. The molecule has 0 radical (unpaired) electrons. The third kappa shape index (κ3) is 2.25. The highest BCUT2D eigenvalue weighted by molar-refractivity contribution is 7.87. The van der Waals surface area contributed by atoms with Crippen molar-refractivity contribution in [2.24, 2.45) is 0 Å². The van der Waals surface area contributed by atoms with E-state index in [0.717, 1.165) is 17.7 Å². The number of aromatic nitrogens is 1. The second kappa shape index (κ2) is 4.26. The summed E-state index contributed by atoms with van der Waals surface area (Å²) in [5.74, 6) is -1.02. The molecular formula is C11H11NO5S. The molecule has 7 heteroatoms. The molecule has 0 saturated heterocycles. The molecule has 0 bridgehead atoms. The Labute approximate surface area is 104 Å². The SMILES string of the molecule is Cc1ccc(S(=O)(=O)On2c(O)ccc2O)cc1. The molecule has 0 fully saturated rings. The van der Waals surface area contributed by atoms with Gasteiger partial charge in [0.15, 0.2) is 0 Å². The largest absolute Gasteiger partial charge is 0.492 e. The lowest BCUT2D eigenvalue weighted by atomic mass is 10.2. The summed E-state index contributed by atoms with van der Waals surface area (Å²) in [7, 11) is -4.10. The Morgan fingerprint density at radius 3 is 2.00 bits per heavy atom. The molecular weight excluding hydrogens is 258 g/mol. The first-order valence-electron chi connectivity index (χ1n) is 5.01. The van der Waals surface area contributed by atoms with Gasteiger partial charge in [-0.15, -0.1) is 0 Å². The van der Waals surface area contributed by atoms with E-state index in [1.165, 1.54) is 12.1 Å². The van der Waals surface area contributed by atoms with E-state index in [1.54, 1.807) is 12.1 Å². The predicted octanol–water partition coefficient (Wildman–Crippen LogP) is 1.03. The number of rotatable bonds is 3. The summed E-state index contributed by atoms with van der Waals surface area (Å²) in [6.07, 6.45) is 0. The van der Waals surface area contributed by atoms with Crippen molar-refractivity contribution in [2.45, 2.75) is 11.8 Å². The predicted molar refractivity (Wildman–Crippen MR) is 62.7 cm³/mol. The Morgan fingerprint density at radius 1 is 1.00 bits per heavy atom. The Balaban J connectivity index is 2.36. The highest BCUT2D eigenvalue weighted by Gasteiger charge is 2.20. The molecule has 0 aliphatic rings. The van der Waals surface area contributed by atoms with Crippen LogP contribution in [0.3, 0.4) is 0 Å². The van der Waals surface area contributed by atoms with Crippen LogP contribution in [0.2, 0.25) is 0 Å². The molecule has 0 unspecified atom stereocenters. The standard InChI is InChI=1S/C11H11NO5S/c1-8-2-4-9(5-3-8)18(15,16)17-12-10(13)6-7-11(12)14/h2-7,13-14H,1H3. The third-order valence-electron chi connectivity index (χ3n) is 2.28. The van der Waals surface area contributed by atoms with Gasteiger partial charge in [-0.05, 0) is 19.1 Å². The van der Waals surface area contributed by atoms with Gasteiger partial charge in [-0.2, -0.15) is 8.42 Å². The number of aryl methyl sites for hydroxylation is 1. The van der Waals surface area contributed by atoms with E-state index in [2.05, 4.69) is 4.28 Å². The van der Waals surface area contributed by atoms with E-state index >= 15 is 0 Å². The minimum atomic E-state index is -4.10. The molecule has 1 aromatic carbocycles. The topological polar surface area (TPSA) is 88.8 Å². The Morgan fingerprint density at radius 2 is 1.50 bits per heavy atom. The lowest BCUT2D eigenvalue weighted by molar-refractivity contribution is 0.203. The molecule has 0 spiro atoms. The molecule has 0 atom stereocenters. The molecule has 1 aromatic heterocycles. The van der Waals surface area contributed by atoms with Crippen LogP contribution < -0.4 is 4.28 Å². The molecule has 0 saturated carbocycles. The number of aromatic hydroxyl groups is 2. The Kier molecular flexibility index (Phi) is 2.92. The van der Waals surface area contributed by atoms with Crippen LogP contribution in [0.25, 0.3) is 0 Å². The zero-order valence-electron chi connectivity index (χ0n) is 9.44. The highest BCUT2D eigenvalue weighted by atomic mass is 32.2. The average Bonchev–Trinajstić information content (AvgIpc) is 2.61. The average molecular weight is 269 g/mol. The molecule has 1 heterocycles. The van der Waals surface area contributed by atoms with Gasteiger partial charge in [-0.25, -0.2) is 0 Å². The van der Waals surface area contributed by atoms with Crippen molar-refractivity contribution in [3.63, 3.8) is 0 Å². The molecule has 96 valence electrons. The zero-order valence-corrected chi connectivity index (χ0v) is 10.3. The van der Waals surface area contributed by atoms with Crippen LogP contribution in [0.5, 0.6) is 11.8 Å². The molecule has 0 amide bonds. The van der Waals surface area contributed by atoms with E-state index in [0.29, 0.717) is 4.73 Å². The Hall–Kier alpha value is -2.15. The van der Waals surface area contributed by atoms with Crippen molar-refractivity contribution in [1.82, 2.24) is 4.73 Å². The van der Waals surface area contributed by atoms with Crippen molar-refractivity contribution >= 4 is 10.1 Å². The monoisotopic (exact) mass is 269 g/mol. The summed E-state index contributed by atoms with van der Waals surface area (Å²) in [4.78, 5) is -0.0689. The van der Waals surface area contributed by atoms with Crippen LogP contribution >= 0.6 is 0 Å². The van der Waals surface area contributed by atoms with Gasteiger partial charge < -0.3 is 10.2 Å². The second-order valence-corrected chi connectivity index (χ2v) is 5.21. The molecule has 2 rings (SSSR count). The van der Waals surface area contributed by atoms with Gasteiger partial charge in [-0.3, -0.25) is 4.28 Å². The van der Waals surface area contributed by atoms with E-state index in [9.17, 15) is 18.6 Å². The molecule has 0 aliphatic carbocycles. The Bertz CT molecular complexity index is 638. The summed E-state index contributed by atoms with van der Waals surface area (Å²) in [6.45, 7) is 1.82. The minimum Gasteiger partial charge on any atom is -0.492 e. The van der Waals surface area contributed by atoms with Crippen LogP contribution in [0.4, 0.5) is 0 Å². The van der Waals surface area contributed by atoms with Crippen molar-refractivity contribution in [2.75, 3.05) is 0 Å². The number of nitrogens with zero attached hydrogens (tertiary/aromatic N) is 1. The molecule has 18 heavy (non-hydrogen) atoms. The second-order valence-electron chi connectivity index (χ2n) is 3.69. The van der Waals surface area contributed by atoms with E-state index < -0.39 is 21.9 Å².